The molecule has 0 aromatic carbocycles. The van der Waals surface area contributed by atoms with E-state index in [-0.39, 0.29) is 24.4 Å². The third kappa shape index (κ3) is 3.05. The van der Waals surface area contributed by atoms with Crippen molar-refractivity contribution in [1.29, 1.82) is 0 Å². The summed E-state index contributed by atoms with van der Waals surface area (Å²) >= 11 is 0. The number of anilines is 1. The number of hydrogen-bond donors (Lipinski definition) is 1. The lowest BCUT2D eigenvalue weighted by atomic mass is 10.2. The highest BCUT2D eigenvalue weighted by Gasteiger charge is 2.29. The molecule has 0 bridgehead atoms. The number of oxazole rings is 1. The normalized spacial score (nSPS) is 23.4. The van der Waals surface area contributed by atoms with Gasteiger partial charge in [-0.2, -0.15) is 4.98 Å². The van der Waals surface area contributed by atoms with Crippen molar-refractivity contribution in [2.45, 2.75) is 26.0 Å². The number of aliphatic hydroxyl groups excluding tert-OH is 1. The molecule has 1 aromatic heterocycles. The molecule has 1 fully saturated rings. The van der Waals surface area contributed by atoms with Crippen LogP contribution in [-0.4, -0.2) is 54.6 Å². The molecule has 1 saturated heterocycles. The van der Waals surface area contributed by atoms with E-state index in [1.807, 2.05) is 11.8 Å². The summed E-state index contributed by atoms with van der Waals surface area (Å²) in [6.07, 6.45) is 1.01. The van der Waals surface area contributed by atoms with E-state index in [4.69, 9.17) is 19.0 Å². The molecular formula is C12H18N2O5. The standard InChI is InChI=1S/C12H18N2O5/c1-3-17-11(16)10-7-19-12(13-10)14-4-9(5-15)18-6-8(14)2/h7-9,15H,3-6H2,1-2H3. The SMILES string of the molecule is CCOC(=O)c1coc(N2CC(CO)OCC2C)n1. The van der Waals surface area contributed by atoms with Gasteiger partial charge in [0.15, 0.2) is 5.69 Å². The largest absolute Gasteiger partial charge is 0.461 e. The summed E-state index contributed by atoms with van der Waals surface area (Å²) in [6.45, 7) is 4.87. The third-order valence-electron chi connectivity index (χ3n) is 2.93. The molecule has 0 spiro atoms. The van der Waals surface area contributed by atoms with Crippen molar-refractivity contribution >= 4 is 12.0 Å². The van der Waals surface area contributed by atoms with E-state index in [0.29, 0.717) is 25.8 Å². The molecule has 1 aliphatic heterocycles. The van der Waals surface area contributed by atoms with Gasteiger partial charge in [0.25, 0.3) is 6.01 Å². The number of carbonyl (C=O) groups is 1. The second kappa shape index (κ2) is 6.03. The Bertz CT molecular complexity index is 434. The second-order valence-electron chi connectivity index (χ2n) is 4.38. The van der Waals surface area contributed by atoms with Crippen molar-refractivity contribution in [3.8, 4) is 0 Å². The Balaban J connectivity index is 2.10. The van der Waals surface area contributed by atoms with Gasteiger partial charge in [0.05, 0.1) is 38.5 Å². The van der Waals surface area contributed by atoms with Gasteiger partial charge < -0.3 is 23.9 Å². The van der Waals surface area contributed by atoms with Crippen LogP contribution in [0.2, 0.25) is 0 Å². The van der Waals surface area contributed by atoms with Gasteiger partial charge in [0.2, 0.25) is 0 Å². The Morgan fingerprint density at radius 1 is 1.68 bits per heavy atom. The minimum atomic E-state index is -0.503. The molecule has 7 nitrogen and oxygen atoms in total. The molecule has 1 aromatic rings. The number of esters is 1. The van der Waals surface area contributed by atoms with Gasteiger partial charge in [-0.25, -0.2) is 4.79 Å². The Hall–Kier alpha value is -1.60. The van der Waals surface area contributed by atoms with Crippen LogP contribution in [0.1, 0.15) is 24.3 Å². The zero-order valence-corrected chi connectivity index (χ0v) is 11.0. The maximum Gasteiger partial charge on any atom is 0.360 e. The summed E-state index contributed by atoms with van der Waals surface area (Å²) < 4.78 is 15.6. The maximum atomic E-state index is 11.5. The number of aromatic nitrogens is 1. The zero-order valence-electron chi connectivity index (χ0n) is 11.0. The molecule has 1 N–H and O–H groups in total. The summed E-state index contributed by atoms with van der Waals surface area (Å²) in [5.74, 6) is -0.503. The lowest BCUT2D eigenvalue weighted by molar-refractivity contribution is -0.0118. The summed E-state index contributed by atoms with van der Waals surface area (Å²) in [7, 11) is 0. The molecule has 19 heavy (non-hydrogen) atoms. The van der Waals surface area contributed by atoms with Crippen LogP contribution in [0.3, 0.4) is 0 Å². The number of ether oxygens (including phenoxy) is 2. The van der Waals surface area contributed by atoms with Crippen molar-refractivity contribution < 1.29 is 23.8 Å². The number of rotatable bonds is 4. The molecule has 0 aliphatic carbocycles. The molecule has 0 saturated carbocycles. The topological polar surface area (TPSA) is 85.0 Å². The van der Waals surface area contributed by atoms with Crippen LogP contribution in [0.5, 0.6) is 0 Å². The molecule has 0 radical (unpaired) electrons. The summed E-state index contributed by atoms with van der Waals surface area (Å²) in [5, 5.41) is 9.13. The van der Waals surface area contributed by atoms with Gasteiger partial charge in [-0.15, -0.1) is 0 Å². The minimum Gasteiger partial charge on any atom is -0.461 e. The van der Waals surface area contributed by atoms with Crippen LogP contribution in [0.25, 0.3) is 0 Å². The lowest BCUT2D eigenvalue weighted by Crippen LogP contribution is -2.49. The van der Waals surface area contributed by atoms with E-state index in [1.54, 1.807) is 6.92 Å². The van der Waals surface area contributed by atoms with Crippen LogP contribution in [0, 0.1) is 0 Å². The quantitative estimate of drug-likeness (QED) is 0.794. The maximum absolute atomic E-state index is 11.5. The lowest BCUT2D eigenvalue weighted by Gasteiger charge is -2.36. The van der Waals surface area contributed by atoms with Crippen LogP contribution >= 0.6 is 0 Å². The highest BCUT2D eigenvalue weighted by Crippen LogP contribution is 2.21. The molecule has 106 valence electrons. The van der Waals surface area contributed by atoms with Crippen LogP contribution < -0.4 is 4.90 Å². The fourth-order valence-corrected chi connectivity index (χ4v) is 1.89. The van der Waals surface area contributed by atoms with Gasteiger partial charge in [0.1, 0.15) is 6.26 Å². The molecule has 0 amide bonds. The number of nitrogens with zero attached hydrogens (tertiary/aromatic N) is 2. The number of carbonyl (C=O) groups excluding carboxylic acids is 1. The smallest absolute Gasteiger partial charge is 0.360 e. The molecule has 1 aliphatic rings. The van der Waals surface area contributed by atoms with E-state index >= 15 is 0 Å². The fourth-order valence-electron chi connectivity index (χ4n) is 1.89. The van der Waals surface area contributed by atoms with E-state index in [1.165, 1.54) is 6.26 Å². The van der Waals surface area contributed by atoms with E-state index in [0.717, 1.165) is 0 Å². The molecule has 2 atom stereocenters. The van der Waals surface area contributed by atoms with Gasteiger partial charge in [-0.05, 0) is 13.8 Å². The van der Waals surface area contributed by atoms with E-state index < -0.39 is 5.97 Å². The molecule has 2 rings (SSSR count). The van der Waals surface area contributed by atoms with E-state index in [2.05, 4.69) is 4.98 Å². The van der Waals surface area contributed by atoms with Gasteiger partial charge in [-0.1, -0.05) is 0 Å². The van der Waals surface area contributed by atoms with Gasteiger partial charge >= 0.3 is 5.97 Å². The van der Waals surface area contributed by atoms with Crippen LogP contribution in [0.15, 0.2) is 10.7 Å². The van der Waals surface area contributed by atoms with Gasteiger partial charge in [-0.3, -0.25) is 0 Å². The van der Waals surface area contributed by atoms with Crippen molar-refractivity contribution in [3.05, 3.63) is 12.0 Å². The van der Waals surface area contributed by atoms with Crippen LogP contribution in [-0.2, 0) is 9.47 Å². The second-order valence-corrected chi connectivity index (χ2v) is 4.38. The molecule has 7 heteroatoms. The fraction of sp³-hybridized carbons (Fsp3) is 0.667. The summed E-state index contributed by atoms with van der Waals surface area (Å²) in [5.41, 5.74) is 0.149. The third-order valence-corrected chi connectivity index (χ3v) is 2.93. The first-order valence-corrected chi connectivity index (χ1v) is 6.27. The highest BCUT2D eigenvalue weighted by atomic mass is 16.5. The number of aliphatic hydroxyl groups is 1. The first-order valence-electron chi connectivity index (χ1n) is 6.27. The predicted molar refractivity (Wildman–Crippen MR) is 66.1 cm³/mol. The van der Waals surface area contributed by atoms with Crippen molar-refractivity contribution in [3.63, 3.8) is 0 Å². The average molecular weight is 270 g/mol. The Morgan fingerprint density at radius 3 is 3.16 bits per heavy atom. The summed E-state index contributed by atoms with van der Waals surface area (Å²) in [4.78, 5) is 17.5. The molecule has 2 heterocycles. The van der Waals surface area contributed by atoms with Crippen molar-refractivity contribution in [2.24, 2.45) is 0 Å². The molecular weight excluding hydrogens is 252 g/mol. The molecule has 2 unspecified atom stereocenters. The van der Waals surface area contributed by atoms with Gasteiger partial charge in [0, 0.05) is 0 Å². The zero-order chi connectivity index (χ0) is 13.8. The Kier molecular flexibility index (Phi) is 4.39. The van der Waals surface area contributed by atoms with Crippen molar-refractivity contribution in [2.75, 3.05) is 31.3 Å². The minimum absolute atomic E-state index is 0.0609. The number of hydrogen-bond acceptors (Lipinski definition) is 7. The monoisotopic (exact) mass is 270 g/mol. The van der Waals surface area contributed by atoms with Crippen molar-refractivity contribution in [1.82, 2.24) is 4.98 Å². The Morgan fingerprint density at radius 2 is 2.47 bits per heavy atom. The average Bonchev–Trinajstić information content (AvgIpc) is 2.89. The first kappa shape index (κ1) is 13.8. The van der Waals surface area contributed by atoms with E-state index in [9.17, 15) is 4.79 Å². The van der Waals surface area contributed by atoms with Crippen LogP contribution in [0.4, 0.5) is 6.01 Å². The summed E-state index contributed by atoms with van der Waals surface area (Å²) in [6, 6.07) is 0.411. The predicted octanol–water partition coefficient (Wildman–Crippen LogP) is 0.437. The number of morpholine rings is 1. The first-order chi connectivity index (χ1) is 9.15. The highest BCUT2D eigenvalue weighted by molar-refractivity contribution is 5.87. The Labute approximate surface area is 111 Å².